The molecule has 3 nitrogen and oxygen atoms in total. The lowest BCUT2D eigenvalue weighted by molar-refractivity contribution is -0.137. The Kier molecular flexibility index (Phi) is 4.23. The van der Waals surface area contributed by atoms with Gasteiger partial charge in [-0.3, -0.25) is 4.79 Å². The Hall–Kier alpha value is -1.97. The normalized spacial score (nSPS) is 11.3. The highest BCUT2D eigenvalue weighted by molar-refractivity contribution is 6.39. The number of nitriles is 1. The van der Waals surface area contributed by atoms with Crippen molar-refractivity contribution in [3.05, 3.63) is 55.4 Å². The Balaban J connectivity index is 2.91. The lowest BCUT2D eigenvalue weighted by Gasteiger charge is -2.15. The van der Waals surface area contributed by atoms with E-state index in [0.29, 0.717) is 5.69 Å². The zero-order chi connectivity index (χ0) is 16.7. The van der Waals surface area contributed by atoms with Gasteiger partial charge in [-0.1, -0.05) is 23.2 Å². The van der Waals surface area contributed by atoms with Gasteiger partial charge in [0, 0.05) is 21.8 Å². The number of aryl methyl sites for hydroxylation is 1. The number of alkyl halides is 3. The lowest BCUT2D eigenvalue weighted by Crippen LogP contribution is -2.13. The first-order valence-electron chi connectivity index (χ1n) is 5.86. The fourth-order valence-electron chi connectivity index (χ4n) is 2.02. The molecule has 22 heavy (non-hydrogen) atoms. The summed E-state index contributed by atoms with van der Waals surface area (Å²) in [5, 5.41) is 8.35. The van der Waals surface area contributed by atoms with Crippen LogP contribution in [0, 0.1) is 18.3 Å². The summed E-state index contributed by atoms with van der Waals surface area (Å²) in [6, 6.07) is 4.80. The van der Waals surface area contributed by atoms with Crippen LogP contribution >= 0.6 is 23.2 Å². The number of pyridine rings is 1. The van der Waals surface area contributed by atoms with Crippen LogP contribution in [-0.4, -0.2) is 4.98 Å². The maximum absolute atomic E-state index is 13.0. The quantitative estimate of drug-likeness (QED) is 0.823. The molecule has 0 saturated carbocycles. The molecule has 0 aliphatic rings. The Morgan fingerprint density at radius 1 is 1.27 bits per heavy atom. The first-order chi connectivity index (χ1) is 10.2. The van der Waals surface area contributed by atoms with Crippen molar-refractivity contribution in [2.24, 2.45) is 0 Å². The molecule has 0 spiro atoms. The van der Waals surface area contributed by atoms with E-state index in [1.54, 1.807) is 6.07 Å². The van der Waals surface area contributed by atoms with Gasteiger partial charge in [0.1, 0.15) is 11.6 Å². The molecule has 0 radical (unpaired) electrons. The Labute approximate surface area is 132 Å². The van der Waals surface area contributed by atoms with E-state index in [-0.39, 0.29) is 21.7 Å². The summed E-state index contributed by atoms with van der Waals surface area (Å²) in [6.07, 6.45) is -4.68. The lowest BCUT2D eigenvalue weighted by atomic mass is 9.98. The minimum absolute atomic E-state index is 0.0372. The molecule has 0 atom stereocenters. The number of aromatic nitrogens is 1. The predicted octanol–water partition coefficient (Wildman–Crippen LogP) is 4.55. The van der Waals surface area contributed by atoms with Gasteiger partial charge in [0.25, 0.3) is 5.56 Å². The highest BCUT2D eigenvalue weighted by atomic mass is 35.5. The van der Waals surface area contributed by atoms with E-state index in [1.807, 2.05) is 0 Å². The van der Waals surface area contributed by atoms with Gasteiger partial charge in [0.2, 0.25) is 0 Å². The molecule has 2 aromatic rings. The van der Waals surface area contributed by atoms with Crippen LogP contribution in [0.15, 0.2) is 23.0 Å². The molecule has 114 valence electrons. The van der Waals surface area contributed by atoms with Gasteiger partial charge >= 0.3 is 6.18 Å². The maximum atomic E-state index is 13.0. The van der Waals surface area contributed by atoms with E-state index < -0.39 is 22.3 Å². The Bertz CT molecular complexity index is 851. The minimum Gasteiger partial charge on any atom is -0.325 e. The largest absolute Gasteiger partial charge is 0.417 e. The second kappa shape index (κ2) is 5.67. The van der Waals surface area contributed by atoms with Crippen molar-refractivity contribution < 1.29 is 13.2 Å². The number of hydrogen-bond acceptors (Lipinski definition) is 2. The summed E-state index contributed by atoms with van der Waals surface area (Å²) in [7, 11) is 0. The number of aromatic amines is 1. The molecule has 1 aromatic carbocycles. The molecule has 1 heterocycles. The van der Waals surface area contributed by atoms with Gasteiger partial charge in [-0.05, 0) is 25.1 Å². The summed E-state index contributed by atoms with van der Waals surface area (Å²) in [4.78, 5) is 14.2. The van der Waals surface area contributed by atoms with Gasteiger partial charge in [-0.2, -0.15) is 18.4 Å². The maximum Gasteiger partial charge on any atom is 0.417 e. The van der Waals surface area contributed by atoms with Crippen LogP contribution in [-0.2, 0) is 6.18 Å². The van der Waals surface area contributed by atoms with Crippen molar-refractivity contribution in [3.8, 4) is 17.2 Å². The van der Waals surface area contributed by atoms with Gasteiger partial charge in [0.05, 0.1) is 10.6 Å². The summed E-state index contributed by atoms with van der Waals surface area (Å²) in [6.45, 7) is 1.53. The first-order valence-corrected chi connectivity index (χ1v) is 6.62. The molecule has 2 rings (SSSR count). The monoisotopic (exact) mass is 346 g/mol. The number of rotatable bonds is 1. The average molecular weight is 347 g/mol. The highest BCUT2D eigenvalue weighted by Crippen LogP contribution is 2.43. The standard InChI is InChI=1S/C14H7Cl2F3N2O/c1-6-4-7(8(5-20)13(22)21-6)11-10(15)3-2-9(12(11)16)14(17,18)19/h2-4H,1H3,(H,21,22). The van der Waals surface area contributed by atoms with Gasteiger partial charge in [-0.25, -0.2) is 0 Å². The SMILES string of the molecule is Cc1cc(-c2c(Cl)ccc(C(F)(F)F)c2Cl)c(C#N)c(=O)[nH]1. The van der Waals surface area contributed by atoms with Crippen LogP contribution in [0.2, 0.25) is 10.0 Å². The molecule has 1 aromatic heterocycles. The molecule has 0 bridgehead atoms. The molecule has 1 N–H and O–H groups in total. The summed E-state index contributed by atoms with van der Waals surface area (Å²) in [5.74, 6) is 0. The van der Waals surface area contributed by atoms with Crippen LogP contribution in [0.5, 0.6) is 0 Å². The molecule has 0 unspecified atom stereocenters. The molecule has 8 heteroatoms. The highest BCUT2D eigenvalue weighted by Gasteiger charge is 2.35. The number of benzene rings is 1. The van der Waals surface area contributed by atoms with Crippen LogP contribution in [0.3, 0.4) is 0 Å². The fourth-order valence-corrected chi connectivity index (χ4v) is 2.70. The summed E-state index contributed by atoms with van der Waals surface area (Å²) < 4.78 is 38.9. The number of nitrogens with one attached hydrogen (secondary N) is 1. The summed E-state index contributed by atoms with van der Waals surface area (Å²) >= 11 is 11.8. The van der Waals surface area contributed by atoms with Gasteiger partial charge < -0.3 is 4.98 Å². The van der Waals surface area contributed by atoms with Crippen LogP contribution in [0.1, 0.15) is 16.8 Å². The van der Waals surface area contributed by atoms with E-state index in [4.69, 9.17) is 28.5 Å². The van der Waals surface area contributed by atoms with E-state index in [1.165, 1.54) is 13.0 Å². The molecule has 0 amide bonds. The predicted molar refractivity (Wildman–Crippen MR) is 77.0 cm³/mol. The first kappa shape index (κ1) is 16.4. The van der Waals surface area contributed by atoms with Gasteiger partial charge in [0.15, 0.2) is 0 Å². The second-order valence-electron chi connectivity index (χ2n) is 4.46. The molecule has 0 saturated heterocycles. The molecule has 0 aliphatic carbocycles. The van der Waals surface area contributed by atoms with Crippen LogP contribution in [0.4, 0.5) is 13.2 Å². The second-order valence-corrected chi connectivity index (χ2v) is 5.25. The number of H-pyrrole nitrogens is 1. The topological polar surface area (TPSA) is 56.6 Å². The van der Waals surface area contributed by atoms with Crippen molar-refractivity contribution in [3.63, 3.8) is 0 Å². The van der Waals surface area contributed by atoms with E-state index in [2.05, 4.69) is 4.98 Å². The van der Waals surface area contributed by atoms with Crippen LogP contribution < -0.4 is 5.56 Å². The molecular weight excluding hydrogens is 340 g/mol. The van der Waals surface area contributed by atoms with Crippen LogP contribution in [0.25, 0.3) is 11.1 Å². The van der Waals surface area contributed by atoms with Crippen molar-refractivity contribution in [2.75, 3.05) is 0 Å². The number of halogens is 5. The third kappa shape index (κ3) is 2.82. The van der Waals surface area contributed by atoms with Crippen molar-refractivity contribution in [2.45, 2.75) is 13.1 Å². The fraction of sp³-hybridized carbons (Fsp3) is 0.143. The summed E-state index contributed by atoms with van der Waals surface area (Å²) in [5.41, 5.74) is -2.02. The number of hydrogen-bond donors (Lipinski definition) is 1. The third-order valence-electron chi connectivity index (χ3n) is 2.95. The Morgan fingerprint density at radius 2 is 1.91 bits per heavy atom. The van der Waals surface area contributed by atoms with Crippen molar-refractivity contribution in [1.29, 1.82) is 5.26 Å². The zero-order valence-electron chi connectivity index (χ0n) is 11.0. The third-order valence-corrected chi connectivity index (χ3v) is 3.65. The smallest absolute Gasteiger partial charge is 0.325 e. The van der Waals surface area contributed by atoms with E-state index in [0.717, 1.165) is 12.1 Å². The molecular formula is C14H7Cl2F3N2O. The zero-order valence-corrected chi connectivity index (χ0v) is 12.5. The van der Waals surface area contributed by atoms with E-state index in [9.17, 15) is 18.0 Å². The van der Waals surface area contributed by atoms with E-state index >= 15 is 0 Å². The minimum atomic E-state index is -4.68. The average Bonchev–Trinajstić information content (AvgIpc) is 2.36. The molecule has 0 aliphatic heterocycles. The Morgan fingerprint density at radius 3 is 2.45 bits per heavy atom. The van der Waals surface area contributed by atoms with Gasteiger partial charge in [-0.15, -0.1) is 0 Å². The van der Waals surface area contributed by atoms with Crippen molar-refractivity contribution >= 4 is 23.2 Å². The van der Waals surface area contributed by atoms with Crippen molar-refractivity contribution in [1.82, 2.24) is 4.98 Å². The number of nitrogens with zero attached hydrogens (tertiary/aromatic N) is 1. The molecule has 0 fully saturated rings.